The first-order valence-electron chi connectivity index (χ1n) is 9.79. The number of carbonyl (C=O) groups is 1. The fourth-order valence-corrected chi connectivity index (χ4v) is 4.55. The molecule has 0 aliphatic carbocycles. The summed E-state index contributed by atoms with van der Waals surface area (Å²) in [6.45, 7) is 7.57. The first-order chi connectivity index (χ1) is 14.1. The van der Waals surface area contributed by atoms with Crippen LogP contribution < -0.4 is 9.64 Å². The molecule has 0 spiro atoms. The molecule has 5 nitrogen and oxygen atoms in total. The second-order valence-corrected chi connectivity index (χ2v) is 8.39. The number of hydrogen-bond acceptors (Lipinski definition) is 6. The minimum atomic E-state index is -0.0786. The molecule has 3 aromatic rings. The molecule has 0 radical (unpaired) electrons. The molecule has 154 valence electrons. The highest BCUT2D eigenvalue weighted by atomic mass is 32.2. The van der Waals surface area contributed by atoms with Crippen molar-refractivity contribution in [3.05, 3.63) is 48.5 Å². The summed E-state index contributed by atoms with van der Waals surface area (Å²) in [5.74, 6) is 0.614. The predicted octanol–water partition coefficient (Wildman–Crippen LogP) is 4.77. The maximum absolute atomic E-state index is 13.1. The number of benzene rings is 2. The summed E-state index contributed by atoms with van der Waals surface area (Å²) in [7, 11) is 0. The van der Waals surface area contributed by atoms with Crippen molar-refractivity contribution >= 4 is 44.4 Å². The number of carbonyl (C=O) groups excluding carboxylic acids is 1. The fourth-order valence-electron chi connectivity index (χ4n) is 2.98. The third-order valence-corrected chi connectivity index (χ3v) is 6.52. The molecule has 0 aliphatic rings. The smallest absolute Gasteiger partial charge is 0.266 e. The summed E-state index contributed by atoms with van der Waals surface area (Å²) in [5.41, 5.74) is 0.924. The molecule has 0 N–H and O–H groups in total. The standard InChI is InChI=1S/C22H27N3O2S2/c1-4-24(5-2)13-14-25(21(26)16-27-17-9-7-6-8-10-17)22-23-19-12-11-18(28-3)15-20(19)29-22/h6-12,15H,4-5,13-14,16H2,1-3H3. The Hall–Kier alpha value is -2.09. The molecule has 1 amide bonds. The maximum Gasteiger partial charge on any atom is 0.266 e. The van der Waals surface area contributed by atoms with Crippen LogP contribution in [0, 0.1) is 0 Å². The summed E-state index contributed by atoms with van der Waals surface area (Å²) >= 11 is 3.26. The highest BCUT2D eigenvalue weighted by Crippen LogP contribution is 2.31. The maximum atomic E-state index is 13.1. The zero-order valence-electron chi connectivity index (χ0n) is 17.1. The van der Waals surface area contributed by atoms with Gasteiger partial charge in [0.05, 0.1) is 10.2 Å². The van der Waals surface area contributed by atoms with E-state index in [-0.39, 0.29) is 12.5 Å². The number of aromatic nitrogens is 1. The zero-order valence-corrected chi connectivity index (χ0v) is 18.8. The molecular weight excluding hydrogens is 402 g/mol. The zero-order chi connectivity index (χ0) is 20.6. The molecule has 0 bridgehead atoms. The van der Waals surface area contributed by atoms with Gasteiger partial charge in [0.1, 0.15) is 5.75 Å². The second kappa shape index (κ2) is 10.6. The molecule has 0 saturated carbocycles. The van der Waals surface area contributed by atoms with Crippen molar-refractivity contribution in [2.45, 2.75) is 18.7 Å². The lowest BCUT2D eigenvalue weighted by atomic mass is 10.3. The Morgan fingerprint density at radius 1 is 1.10 bits per heavy atom. The average Bonchev–Trinajstić information content (AvgIpc) is 3.18. The molecule has 0 fully saturated rings. The number of ether oxygens (including phenoxy) is 1. The van der Waals surface area contributed by atoms with E-state index in [1.165, 1.54) is 4.90 Å². The van der Waals surface area contributed by atoms with Crippen LogP contribution in [0.1, 0.15) is 13.8 Å². The van der Waals surface area contributed by atoms with Crippen LogP contribution in [0.15, 0.2) is 53.4 Å². The van der Waals surface area contributed by atoms with Gasteiger partial charge in [-0.25, -0.2) is 4.98 Å². The minimum absolute atomic E-state index is 0.00570. The lowest BCUT2D eigenvalue weighted by Crippen LogP contribution is -2.41. The van der Waals surface area contributed by atoms with Gasteiger partial charge in [-0.3, -0.25) is 9.69 Å². The number of fused-ring (bicyclic) bond motifs is 1. The number of nitrogens with zero attached hydrogens (tertiary/aromatic N) is 3. The van der Waals surface area contributed by atoms with Crippen LogP contribution in [0.4, 0.5) is 5.13 Å². The summed E-state index contributed by atoms with van der Waals surface area (Å²) in [6, 6.07) is 15.7. The van der Waals surface area contributed by atoms with Crippen molar-refractivity contribution in [1.29, 1.82) is 0 Å². The number of amides is 1. The molecule has 7 heteroatoms. The Labute approximate surface area is 180 Å². The van der Waals surface area contributed by atoms with Crippen molar-refractivity contribution in [3.63, 3.8) is 0 Å². The topological polar surface area (TPSA) is 45.7 Å². The van der Waals surface area contributed by atoms with Crippen LogP contribution in [-0.4, -0.2) is 54.8 Å². The van der Waals surface area contributed by atoms with Gasteiger partial charge >= 0.3 is 0 Å². The van der Waals surface area contributed by atoms with Gasteiger partial charge in [-0.15, -0.1) is 11.8 Å². The van der Waals surface area contributed by atoms with E-state index in [4.69, 9.17) is 9.72 Å². The Kier molecular flexibility index (Phi) is 7.91. The number of hydrogen-bond donors (Lipinski definition) is 0. The quantitative estimate of drug-likeness (QED) is 0.434. The Morgan fingerprint density at radius 2 is 1.86 bits per heavy atom. The molecule has 1 aromatic heterocycles. The van der Waals surface area contributed by atoms with E-state index in [2.05, 4.69) is 37.1 Å². The second-order valence-electron chi connectivity index (χ2n) is 6.50. The number of thiazole rings is 1. The van der Waals surface area contributed by atoms with Crippen LogP contribution in [0.2, 0.25) is 0 Å². The van der Waals surface area contributed by atoms with E-state index >= 15 is 0 Å². The molecule has 0 aliphatic heterocycles. The SMILES string of the molecule is CCN(CC)CCN(C(=O)COc1ccccc1)c1nc2ccc(SC)cc2s1. The van der Waals surface area contributed by atoms with Crippen LogP contribution in [-0.2, 0) is 4.79 Å². The highest BCUT2D eigenvalue weighted by molar-refractivity contribution is 7.98. The summed E-state index contributed by atoms with van der Waals surface area (Å²) in [6.07, 6.45) is 2.06. The van der Waals surface area contributed by atoms with Crippen molar-refractivity contribution in [1.82, 2.24) is 9.88 Å². The normalized spacial score (nSPS) is 11.2. The predicted molar refractivity (Wildman–Crippen MR) is 123 cm³/mol. The Balaban J connectivity index is 1.80. The van der Waals surface area contributed by atoms with E-state index in [1.54, 1.807) is 28.0 Å². The third-order valence-electron chi connectivity index (χ3n) is 4.76. The van der Waals surface area contributed by atoms with E-state index in [0.717, 1.165) is 35.0 Å². The van der Waals surface area contributed by atoms with Gasteiger partial charge in [0.2, 0.25) is 0 Å². The lowest BCUT2D eigenvalue weighted by Gasteiger charge is -2.24. The van der Waals surface area contributed by atoms with Crippen molar-refractivity contribution in [3.8, 4) is 5.75 Å². The van der Waals surface area contributed by atoms with E-state index in [1.807, 2.05) is 36.4 Å². The molecular formula is C22H27N3O2S2. The Bertz CT molecular complexity index is 926. The van der Waals surface area contributed by atoms with E-state index in [9.17, 15) is 4.79 Å². The third kappa shape index (κ3) is 5.72. The first kappa shape index (κ1) is 21.6. The van der Waals surface area contributed by atoms with Crippen molar-refractivity contribution in [2.75, 3.05) is 43.9 Å². The van der Waals surface area contributed by atoms with Gasteiger partial charge in [-0.05, 0) is 49.7 Å². The Morgan fingerprint density at radius 3 is 2.55 bits per heavy atom. The lowest BCUT2D eigenvalue weighted by molar-refractivity contribution is -0.120. The first-order valence-corrected chi connectivity index (χ1v) is 11.8. The number of para-hydroxylation sites is 1. The summed E-state index contributed by atoms with van der Waals surface area (Å²) in [4.78, 5) is 23.1. The van der Waals surface area contributed by atoms with Gasteiger partial charge in [0, 0.05) is 18.0 Å². The summed E-state index contributed by atoms with van der Waals surface area (Å²) < 4.78 is 6.80. The van der Waals surface area contributed by atoms with Gasteiger partial charge in [-0.1, -0.05) is 43.4 Å². The minimum Gasteiger partial charge on any atom is -0.484 e. The fraction of sp³-hybridized carbons (Fsp3) is 0.364. The van der Waals surface area contributed by atoms with Crippen LogP contribution in [0.25, 0.3) is 10.2 Å². The molecule has 0 atom stereocenters. The monoisotopic (exact) mass is 429 g/mol. The number of rotatable bonds is 10. The largest absolute Gasteiger partial charge is 0.484 e. The van der Waals surface area contributed by atoms with Crippen molar-refractivity contribution < 1.29 is 9.53 Å². The van der Waals surface area contributed by atoms with Gasteiger partial charge in [0.15, 0.2) is 11.7 Å². The van der Waals surface area contributed by atoms with Gasteiger partial charge < -0.3 is 9.64 Å². The van der Waals surface area contributed by atoms with Crippen LogP contribution in [0.5, 0.6) is 5.75 Å². The molecule has 29 heavy (non-hydrogen) atoms. The summed E-state index contributed by atoms with van der Waals surface area (Å²) in [5, 5.41) is 0.729. The van der Waals surface area contributed by atoms with Crippen LogP contribution in [0.3, 0.4) is 0 Å². The number of likely N-dealkylation sites (N-methyl/N-ethyl adjacent to an activating group) is 1. The van der Waals surface area contributed by atoms with E-state index < -0.39 is 0 Å². The van der Waals surface area contributed by atoms with Gasteiger partial charge in [0.25, 0.3) is 5.91 Å². The van der Waals surface area contributed by atoms with Gasteiger partial charge in [-0.2, -0.15) is 0 Å². The number of anilines is 1. The van der Waals surface area contributed by atoms with Crippen molar-refractivity contribution in [2.24, 2.45) is 0 Å². The average molecular weight is 430 g/mol. The van der Waals surface area contributed by atoms with E-state index in [0.29, 0.717) is 12.3 Å². The molecule has 3 rings (SSSR count). The highest BCUT2D eigenvalue weighted by Gasteiger charge is 2.21. The molecule has 0 unspecified atom stereocenters. The molecule has 0 saturated heterocycles. The number of thioether (sulfide) groups is 1. The van der Waals surface area contributed by atoms with Crippen LogP contribution >= 0.6 is 23.1 Å². The molecule has 1 heterocycles. The molecule has 2 aromatic carbocycles.